The fourth-order valence-electron chi connectivity index (χ4n) is 3.12. The van der Waals surface area contributed by atoms with E-state index in [1.54, 1.807) is 0 Å². The SMILES string of the molecule is Cn1ccsc1=NC(=O)C1CC2CCCCC2N1. The zero-order valence-corrected chi connectivity index (χ0v) is 11.4. The van der Waals surface area contributed by atoms with Gasteiger partial charge in [0.25, 0.3) is 5.91 Å². The Morgan fingerprint density at radius 1 is 1.50 bits per heavy atom. The molecule has 0 bridgehead atoms. The Morgan fingerprint density at radius 3 is 3.06 bits per heavy atom. The van der Waals surface area contributed by atoms with Gasteiger partial charge in [-0.1, -0.05) is 12.8 Å². The maximum absolute atomic E-state index is 12.2. The quantitative estimate of drug-likeness (QED) is 0.835. The van der Waals surface area contributed by atoms with E-state index in [0.29, 0.717) is 12.0 Å². The Bertz CT molecular complexity index is 490. The van der Waals surface area contributed by atoms with Crippen LogP contribution in [-0.2, 0) is 11.8 Å². The van der Waals surface area contributed by atoms with Crippen molar-refractivity contribution in [2.75, 3.05) is 0 Å². The van der Waals surface area contributed by atoms with E-state index in [2.05, 4.69) is 10.3 Å². The molecule has 3 rings (SSSR count). The van der Waals surface area contributed by atoms with Crippen molar-refractivity contribution in [3.8, 4) is 0 Å². The normalized spacial score (nSPS) is 32.5. The predicted molar refractivity (Wildman–Crippen MR) is 71.1 cm³/mol. The molecular weight excluding hydrogens is 246 g/mol. The minimum atomic E-state index is -0.0554. The standard InChI is InChI=1S/C13H19N3OS/c1-16-6-7-18-13(16)15-12(17)11-8-9-4-2-3-5-10(9)14-11/h6-7,9-11,14H,2-5,8H2,1H3. The average Bonchev–Trinajstić information content (AvgIpc) is 2.96. The molecule has 5 heteroatoms. The van der Waals surface area contributed by atoms with Crippen molar-refractivity contribution in [1.29, 1.82) is 0 Å². The molecule has 18 heavy (non-hydrogen) atoms. The maximum atomic E-state index is 12.2. The third kappa shape index (κ3) is 2.29. The summed E-state index contributed by atoms with van der Waals surface area (Å²) in [6.45, 7) is 0. The van der Waals surface area contributed by atoms with E-state index in [1.807, 2.05) is 23.2 Å². The summed E-state index contributed by atoms with van der Waals surface area (Å²) in [4.78, 5) is 17.2. The summed E-state index contributed by atoms with van der Waals surface area (Å²) in [6.07, 6.45) is 8.02. The Kier molecular flexibility index (Phi) is 3.35. The van der Waals surface area contributed by atoms with Crippen LogP contribution >= 0.6 is 11.3 Å². The molecule has 3 unspecified atom stereocenters. The maximum Gasteiger partial charge on any atom is 0.265 e. The van der Waals surface area contributed by atoms with Gasteiger partial charge < -0.3 is 9.88 Å². The van der Waals surface area contributed by atoms with Gasteiger partial charge in [-0.3, -0.25) is 4.79 Å². The number of hydrogen-bond acceptors (Lipinski definition) is 3. The minimum absolute atomic E-state index is 0.00227. The van der Waals surface area contributed by atoms with Crippen molar-refractivity contribution in [3.05, 3.63) is 16.4 Å². The molecule has 0 radical (unpaired) electrons. The van der Waals surface area contributed by atoms with Gasteiger partial charge in [-0.25, -0.2) is 0 Å². The molecule has 4 nitrogen and oxygen atoms in total. The summed E-state index contributed by atoms with van der Waals surface area (Å²) in [6, 6.07) is 0.500. The highest BCUT2D eigenvalue weighted by Gasteiger charge is 2.38. The number of amides is 1. The fourth-order valence-corrected chi connectivity index (χ4v) is 3.85. The van der Waals surface area contributed by atoms with Crippen molar-refractivity contribution < 1.29 is 4.79 Å². The summed E-state index contributed by atoms with van der Waals surface area (Å²) in [5.74, 6) is 0.697. The summed E-state index contributed by atoms with van der Waals surface area (Å²) in [5.41, 5.74) is 0. The van der Waals surface area contributed by atoms with Gasteiger partial charge in [-0.15, -0.1) is 11.3 Å². The van der Waals surface area contributed by atoms with Crippen molar-refractivity contribution >= 4 is 17.2 Å². The van der Waals surface area contributed by atoms with E-state index in [-0.39, 0.29) is 11.9 Å². The highest BCUT2D eigenvalue weighted by atomic mass is 32.1. The second-order valence-electron chi connectivity index (χ2n) is 5.35. The molecule has 98 valence electrons. The van der Waals surface area contributed by atoms with Crippen LogP contribution in [0.3, 0.4) is 0 Å². The van der Waals surface area contributed by atoms with Crippen LogP contribution in [0.1, 0.15) is 32.1 Å². The lowest BCUT2D eigenvalue weighted by Crippen LogP contribution is -2.37. The lowest BCUT2D eigenvalue weighted by molar-refractivity contribution is -0.119. The molecule has 1 aromatic rings. The van der Waals surface area contributed by atoms with Gasteiger partial charge in [0.15, 0.2) is 4.80 Å². The zero-order chi connectivity index (χ0) is 12.5. The molecule has 3 atom stereocenters. The van der Waals surface area contributed by atoms with Gasteiger partial charge in [-0.2, -0.15) is 4.99 Å². The number of aromatic nitrogens is 1. The van der Waals surface area contributed by atoms with Crippen LogP contribution in [0.2, 0.25) is 0 Å². The van der Waals surface area contributed by atoms with Gasteiger partial charge in [0.1, 0.15) is 0 Å². The molecule has 0 spiro atoms. The van der Waals surface area contributed by atoms with E-state index in [9.17, 15) is 4.79 Å². The number of aryl methyl sites for hydroxylation is 1. The van der Waals surface area contributed by atoms with Gasteiger partial charge in [0, 0.05) is 24.7 Å². The predicted octanol–water partition coefficient (Wildman–Crippen LogP) is 1.43. The van der Waals surface area contributed by atoms with Gasteiger partial charge in [0.2, 0.25) is 0 Å². The summed E-state index contributed by atoms with van der Waals surface area (Å²) in [7, 11) is 1.92. The van der Waals surface area contributed by atoms with E-state index < -0.39 is 0 Å². The molecule has 1 amide bonds. The molecule has 1 aliphatic carbocycles. The molecule has 1 saturated heterocycles. The number of nitrogens with one attached hydrogen (secondary N) is 1. The molecule has 2 aliphatic rings. The Morgan fingerprint density at radius 2 is 2.33 bits per heavy atom. The number of fused-ring (bicyclic) bond motifs is 1. The topological polar surface area (TPSA) is 46.4 Å². The third-order valence-corrected chi connectivity index (χ3v) is 4.97. The molecule has 0 aromatic carbocycles. The van der Waals surface area contributed by atoms with Crippen molar-refractivity contribution in [1.82, 2.24) is 9.88 Å². The van der Waals surface area contributed by atoms with Crippen molar-refractivity contribution in [2.45, 2.75) is 44.2 Å². The number of carbonyl (C=O) groups is 1. The number of carbonyl (C=O) groups excluding carboxylic acids is 1. The Balaban J connectivity index is 1.73. The van der Waals surface area contributed by atoms with Crippen LogP contribution in [-0.4, -0.2) is 22.6 Å². The van der Waals surface area contributed by atoms with Crippen molar-refractivity contribution in [3.63, 3.8) is 0 Å². The van der Waals surface area contributed by atoms with Crippen LogP contribution in [0.15, 0.2) is 16.6 Å². The minimum Gasteiger partial charge on any atom is -0.327 e. The van der Waals surface area contributed by atoms with Crippen LogP contribution in [0, 0.1) is 5.92 Å². The summed E-state index contributed by atoms with van der Waals surface area (Å²) in [5, 5.41) is 5.43. The third-order valence-electron chi connectivity index (χ3n) is 4.13. The molecule has 1 aliphatic heterocycles. The number of rotatable bonds is 1. The van der Waals surface area contributed by atoms with Gasteiger partial charge in [-0.05, 0) is 25.2 Å². The molecule has 1 N–H and O–H groups in total. The summed E-state index contributed by atoms with van der Waals surface area (Å²) >= 11 is 1.51. The first-order chi connectivity index (χ1) is 8.74. The number of hydrogen-bond donors (Lipinski definition) is 1. The van der Waals surface area contributed by atoms with E-state index in [1.165, 1.54) is 37.0 Å². The average molecular weight is 265 g/mol. The van der Waals surface area contributed by atoms with E-state index in [0.717, 1.165) is 11.2 Å². The zero-order valence-electron chi connectivity index (χ0n) is 10.6. The van der Waals surface area contributed by atoms with Crippen LogP contribution in [0.5, 0.6) is 0 Å². The van der Waals surface area contributed by atoms with Crippen molar-refractivity contribution in [2.24, 2.45) is 18.0 Å². The van der Waals surface area contributed by atoms with Crippen LogP contribution < -0.4 is 10.1 Å². The van der Waals surface area contributed by atoms with Gasteiger partial charge >= 0.3 is 0 Å². The van der Waals surface area contributed by atoms with E-state index in [4.69, 9.17) is 0 Å². The second kappa shape index (κ2) is 4.97. The number of thiazole rings is 1. The number of nitrogens with zero attached hydrogens (tertiary/aromatic N) is 2. The molecular formula is C13H19N3OS. The lowest BCUT2D eigenvalue weighted by Gasteiger charge is -2.24. The van der Waals surface area contributed by atoms with Crippen LogP contribution in [0.4, 0.5) is 0 Å². The Hall–Kier alpha value is -0.940. The first kappa shape index (κ1) is 12.1. The smallest absolute Gasteiger partial charge is 0.265 e. The monoisotopic (exact) mass is 265 g/mol. The lowest BCUT2D eigenvalue weighted by atomic mass is 9.85. The highest BCUT2D eigenvalue weighted by molar-refractivity contribution is 7.07. The first-order valence-electron chi connectivity index (χ1n) is 6.69. The summed E-state index contributed by atoms with van der Waals surface area (Å²) < 4.78 is 1.89. The second-order valence-corrected chi connectivity index (χ2v) is 6.23. The largest absolute Gasteiger partial charge is 0.327 e. The van der Waals surface area contributed by atoms with Gasteiger partial charge in [0.05, 0.1) is 6.04 Å². The highest BCUT2D eigenvalue weighted by Crippen LogP contribution is 2.33. The van der Waals surface area contributed by atoms with E-state index >= 15 is 0 Å². The molecule has 1 saturated carbocycles. The fraction of sp³-hybridized carbons (Fsp3) is 0.692. The molecule has 2 heterocycles. The molecule has 2 fully saturated rings. The first-order valence-corrected chi connectivity index (χ1v) is 7.57. The van der Waals surface area contributed by atoms with Crippen LogP contribution in [0.25, 0.3) is 0 Å². The Labute approximate surface area is 111 Å². The molecule has 1 aromatic heterocycles.